The minimum absolute atomic E-state index is 0.128. The van der Waals surface area contributed by atoms with Gasteiger partial charge in [-0.15, -0.1) is 0 Å². The van der Waals surface area contributed by atoms with Crippen molar-refractivity contribution in [1.82, 2.24) is 19.9 Å². The molecule has 2 heterocycles. The number of H-pyrrole nitrogens is 2. The van der Waals surface area contributed by atoms with Crippen LogP contribution in [0.1, 0.15) is 30.0 Å². The summed E-state index contributed by atoms with van der Waals surface area (Å²) in [7, 11) is 0. The molecule has 0 radical (unpaired) electrons. The molecule has 0 aliphatic heterocycles. The summed E-state index contributed by atoms with van der Waals surface area (Å²) in [5.41, 5.74) is 1.99. The Hall–Kier alpha value is -2.89. The molecule has 0 saturated heterocycles. The molecule has 0 saturated carbocycles. The number of benzene rings is 1. The van der Waals surface area contributed by atoms with Gasteiger partial charge in [0.2, 0.25) is 0 Å². The summed E-state index contributed by atoms with van der Waals surface area (Å²) in [6, 6.07) is 9.34. The average Bonchev–Trinajstić information content (AvgIpc) is 2.96. The fourth-order valence-corrected chi connectivity index (χ4v) is 2.78. The van der Waals surface area contributed by atoms with Crippen molar-refractivity contribution in [3.05, 3.63) is 52.1 Å². The normalized spacial score (nSPS) is 11.0. The molecule has 1 amide bonds. The number of aromatic nitrogens is 3. The number of imidazole rings is 1. The molecule has 2 N–H and O–H groups in total. The third-order valence-electron chi connectivity index (χ3n) is 4.15. The molecule has 6 nitrogen and oxygen atoms in total. The van der Waals surface area contributed by atoms with E-state index in [0.29, 0.717) is 35.9 Å². The molecule has 1 aromatic carbocycles. The maximum atomic E-state index is 12.5. The van der Waals surface area contributed by atoms with E-state index in [-0.39, 0.29) is 11.5 Å². The van der Waals surface area contributed by atoms with Crippen molar-refractivity contribution in [2.75, 3.05) is 13.1 Å². The monoisotopic (exact) mass is 324 g/mol. The van der Waals surface area contributed by atoms with Gasteiger partial charge < -0.3 is 14.9 Å². The number of aromatic amines is 2. The van der Waals surface area contributed by atoms with Crippen molar-refractivity contribution in [2.45, 2.75) is 20.8 Å². The highest BCUT2D eigenvalue weighted by molar-refractivity contribution is 5.94. The molecule has 2 aromatic heterocycles. The van der Waals surface area contributed by atoms with Gasteiger partial charge in [0.1, 0.15) is 11.5 Å². The lowest BCUT2D eigenvalue weighted by Gasteiger charge is -2.17. The first-order valence-electron chi connectivity index (χ1n) is 8.03. The van der Waals surface area contributed by atoms with Crippen molar-refractivity contribution in [3.8, 4) is 11.4 Å². The maximum Gasteiger partial charge on any atom is 0.274 e. The van der Waals surface area contributed by atoms with E-state index in [1.54, 1.807) is 17.9 Å². The van der Waals surface area contributed by atoms with E-state index in [0.717, 1.165) is 10.9 Å². The highest BCUT2D eigenvalue weighted by atomic mass is 16.2. The number of hydrogen-bond donors (Lipinski definition) is 2. The zero-order chi connectivity index (χ0) is 17.3. The van der Waals surface area contributed by atoms with Crippen molar-refractivity contribution < 1.29 is 4.79 Å². The number of carbonyl (C=O) groups is 1. The molecule has 3 aromatic rings. The number of fused-ring (bicyclic) bond motifs is 1. The molecular formula is C18H20N4O2. The van der Waals surface area contributed by atoms with Crippen LogP contribution in [0, 0.1) is 6.92 Å². The predicted molar refractivity (Wildman–Crippen MR) is 94.1 cm³/mol. The summed E-state index contributed by atoms with van der Waals surface area (Å²) >= 11 is 0. The molecule has 0 spiro atoms. The number of nitrogens with one attached hydrogen (secondary N) is 2. The van der Waals surface area contributed by atoms with E-state index >= 15 is 0 Å². The Kier molecular flexibility index (Phi) is 4.20. The lowest BCUT2D eigenvalue weighted by molar-refractivity contribution is 0.0767. The molecule has 0 aliphatic rings. The highest BCUT2D eigenvalue weighted by Crippen LogP contribution is 2.19. The summed E-state index contributed by atoms with van der Waals surface area (Å²) in [5.74, 6) is 0.284. The zero-order valence-electron chi connectivity index (χ0n) is 14.0. The number of aryl methyl sites for hydroxylation is 1. The van der Waals surface area contributed by atoms with Crippen molar-refractivity contribution in [2.24, 2.45) is 0 Å². The van der Waals surface area contributed by atoms with E-state index < -0.39 is 0 Å². The first-order chi connectivity index (χ1) is 11.5. The number of rotatable bonds is 4. The zero-order valence-corrected chi connectivity index (χ0v) is 14.0. The van der Waals surface area contributed by atoms with E-state index in [2.05, 4.69) is 15.0 Å². The van der Waals surface area contributed by atoms with Crippen LogP contribution in [0.15, 0.2) is 35.1 Å². The van der Waals surface area contributed by atoms with Gasteiger partial charge >= 0.3 is 0 Å². The minimum atomic E-state index is -0.232. The van der Waals surface area contributed by atoms with Crippen LogP contribution >= 0.6 is 0 Å². The minimum Gasteiger partial charge on any atom is -0.341 e. The SMILES string of the molecule is CCN(CC)C(=O)c1nc(-c2cc3ccccc3[nH]c2=O)[nH]c1C. The summed E-state index contributed by atoms with van der Waals surface area (Å²) in [6.07, 6.45) is 0. The second kappa shape index (κ2) is 6.31. The van der Waals surface area contributed by atoms with E-state index in [1.165, 1.54) is 0 Å². The van der Waals surface area contributed by atoms with Gasteiger partial charge in [0.25, 0.3) is 11.5 Å². The Morgan fingerprint density at radius 3 is 2.58 bits per heavy atom. The molecule has 3 rings (SSSR count). The second-order valence-electron chi connectivity index (χ2n) is 5.64. The number of carbonyl (C=O) groups excluding carboxylic acids is 1. The van der Waals surface area contributed by atoms with Gasteiger partial charge in [-0.25, -0.2) is 4.98 Å². The van der Waals surface area contributed by atoms with Gasteiger partial charge in [-0.3, -0.25) is 9.59 Å². The number of pyridine rings is 1. The summed E-state index contributed by atoms with van der Waals surface area (Å²) in [5, 5.41) is 0.915. The van der Waals surface area contributed by atoms with E-state index in [9.17, 15) is 9.59 Å². The van der Waals surface area contributed by atoms with Gasteiger partial charge in [0.05, 0.1) is 5.56 Å². The van der Waals surface area contributed by atoms with Crippen LogP contribution in [-0.2, 0) is 0 Å². The molecular weight excluding hydrogens is 304 g/mol. The number of nitrogens with zero attached hydrogens (tertiary/aromatic N) is 2. The quantitative estimate of drug-likeness (QED) is 0.774. The van der Waals surface area contributed by atoms with Crippen LogP contribution < -0.4 is 5.56 Å². The molecule has 124 valence electrons. The Morgan fingerprint density at radius 2 is 1.88 bits per heavy atom. The fraction of sp³-hybridized carbons (Fsp3) is 0.278. The number of amides is 1. The summed E-state index contributed by atoms with van der Waals surface area (Å²) < 4.78 is 0. The Balaban J connectivity index is 2.08. The first-order valence-corrected chi connectivity index (χ1v) is 8.03. The van der Waals surface area contributed by atoms with E-state index in [1.807, 2.05) is 38.1 Å². The maximum absolute atomic E-state index is 12.5. The largest absolute Gasteiger partial charge is 0.341 e. The van der Waals surface area contributed by atoms with Crippen LogP contribution in [0.25, 0.3) is 22.3 Å². The molecule has 0 aliphatic carbocycles. The predicted octanol–water partition coefficient (Wildman–Crippen LogP) is 2.71. The lowest BCUT2D eigenvalue weighted by atomic mass is 10.1. The highest BCUT2D eigenvalue weighted by Gasteiger charge is 2.20. The van der Waals surface area contributed by atoms with Crippen molar-refractivity contribution in [1.29, 1.82) is 0 Å². The van der Waals surface area contributed by atoms with Crippen LogP contribution in [0.4, 0.5) is 0 Å². The number of para-hydroxylation sites is 1. The molecule has 0 unspecified atom stereocenters. The lowest BCUT2D eigenvalue weighted by Crippen LogP contribution is -2.31. The third-order valence-corrected chi connectivity index (χ3v) is 4.15. The Labute approximate surface area is 139 Å². The Morgan fingerprint density at radius 1 is 1.17 bits per heavy atom. The van der Waals surface area contributed by atoms with Crippen LogP contribution in [0.2, 0.25) is 0 Å². The first kappa shape index (κ1) is 16.0. The van der Waals surface area contributed by atoms with Crippen LogP contribution in [0.3, 0.4) is 0 Å². The molecule has 0 fully saturated rings. The Bertz CT molecular complexity index is 951. The van der Waals surface area contributed by atoms with Gasteiger partial charge in [-0.2, -0.15) is 0 Å². The topological polar surface area (TPSA) is 81.8 Å². The third kappa shape index (κ3) is 2.71. The average molecular weight is 324 g/mol. The molecule has 6 heteroatoms. The molecule has 0 bridgehead atoms. The van der Waals surface area contributed by atoms with Crippen molar-refractivity contribution in [3.63, 3.8) is 0 Å². The number of hydrogen-bond acceptors (Lipinski definition) is 3. The van der Waals surface area contributed by atoms with Gasteiger partial charge in [0.15, 0.2) is 0 Å². The van der Waals surface area contributed by atoms with E-state index in [4.69, 9.17) is 0 Å². The van der Waals surface area contributed by atoms with Crippen LogP contribution in [-0.4, -0.2) is 38.8 Å². The molecule has 0 atom stereocenters. The van der Waals surface area contributed by atoms with Crippen molar-refractivity contribution >= 4 is 16.8 Å². The summed E-state index contributed by atoms with van der Waals surface area (Å²) in [4.78, 5) is 36.9. The van der Waals surface area contributed by atoms with Gasteiger partial charge in [-0.1, -0.05) is 18.2 Å². The fourth-order valence-electron chi connectivity index (χ4n) is 2.78. The summed E-state index contributed by atoms with van der Waals surface area (Å²) in [6.45, 7) is 6.89. The second-order valence-corrected chi connectivity index (χ2v) is 5.64. The smallest absolute Gasteiger partial charge is 0.274 e. The van der Waals surface area contributed by atoms with Gasteiger partial charge in [0, 0.05) is 24.3 Å². The van der Waals surface area contributed by atoms with Crippen LogP contribution in [0.5, 0.6) is 0 Å². The standard InChI is InChI=1S/C18H20N4O2/c1-4-22(5-2)18(24)15-11(3)19-16(21-15)13-10-12-8-6-7-9-14(12)20-17(13)23/h6-10H,4-5H2,1-3H3,(H,19,21)(H,20,23). The van der Waals surface area contributed by atoms with Gasteiger partial charge in [-0.05, 0) is 38.3 Å². The molecule has 24 heavy (non-hydrogen) atoms.